The van der Waals surface area contributed by atoms with Crippen molar-refractivity contribution in [3.8, 4) is 10.6 Å². The van der Waals surface area contributed by atoms with E-state index in [-0.39, 0.29) is 0 Å². The average Bonchev–Trinajstić information content (AvgIpc) is 2.78. The summed E-state index contributed by atoms with van der Waals surface area (Å²) in [7, 11) is 1.91. The Balaban J connectivity index is 2.27. The van der Waals surface area contributed by atoms with Crippen LogP contribution in [0, 0.1) is 0 Å². The highest BCUT2D eigenvalue weighted by Crippen LogP contribution is 2.32. The maximum absolute atomic E-state index is 6.11. The fraction of sp³-hybridized carbons (Fsp3) is 0.273. The molecule has 0 aliphatic heterocycles. The van der Waals surface area contributed by atoms with Crippen LogP contribution in [0.4, 0.5) is 0 Å². The maximum atomic E-state index is 6.11. The lowest BCUT2D eigenvalue weighted by Crippen LogP contribution is -2.09. The molecule has 1 aromatic heterocycles. The van der Waals surface area contributed by atoms with Crippen molar-refractivity contribution in [2.24, 2.45) is 0 Å². The van der Waals surface area contributed by atoms with Gasteiger partial charge in [0, 0.05) is 23.6 Å². The molecule has 2 aromatic rings. The van der Waals surface area contributed by atoms with Gasteiger partial charge in [-0.2, -0.15) is 0 Å². The normalized spacial score (nSPS) is 10.8. The molecule has 0 amide bonds. The Hall–Kier alpha value is -0.680. The highest BCUT2D eigenvalue weighted by Gasteiger charge is 2.10. The highest BCUT2D eigenvalue weighted by molar-refractivity contribution is 7.14. The van der Waals surface area contributed by atoms with Crippen molar-refractivity contribution in [1.82, 2.24) is 15.5 Å². The number of hydrogen-bond donors (Lipinski definition) is 1. The standard InChI is InChI=1S/C11H11Cl2N3S/c1-14-5-4-10-15-16-11(17-10)8-6-7(12)2-3-9(8)13/h2-3,6,14H,4-5H2,1H3. The molecular formula is C11H11Cl2N3S. The molecule has 0 fully saturated rings. The van der Waals surface area contributed by atoms with Crippen molar-refractivity contribution >= 4 is 34.5 Å². The number of likely N-dealkylation sites (N-methyl/N-ethyl adjacent to an activating group) is 1. The third-order valence-corrected chi connectivity index (χ3v) is 3.80. The SMILES string of the molecule is CNCCc1nnc(-c2cc(Cl)ccc2Cl)s1. The molecule has 3 nitrogen and oxygen atoms in total. The van der Waals surface area contributed by atoms with Crippen LogP contribution in [-0.2, 0) is 6.42 Å². The van der Waals surface area contributed by atoms with E-state index >= 15 is 0 Å². The Kier molecular flexibility index (Phi) is 4.34. The third kappa shape index (κ3) is 3.16. The summed E-state index contributed by atoms with van der Waals surface area (Å²) in [5.74, 6) is 0. The van der Waals surface area contributed by atoms with Crippen molar-refractivity contribution < 1.29 is 0 Å². The molecule has 17 heavy (non-hydrogen) atoms. The summed E-state index contributed by atoms with van der Waals surface area (Å²) >= 11 is 13.6. The number of benzene rings is 1. The fourth-order valence-electron chi connectivity index (χ4n) is 1.36. The van der Waals surface area contributed by atoms with Crippen molar-refractivity contribution in [1.29, 1.82) is 0 Å². The third-order valence-electron chi connectivity index (χ3n) is 2.21. The first-order chi connectivity index (χ1) is 8.20. The topological polar surface area (TPSA) is 37.8 Å². The fourth-order valence-corrected chi connectivity index (χ4v) is 2.66. The van der Waals surface area contributed by atoms with Crippen LogP contribution in [0.15, 0.2) is 18.2 Å². The van der Waals surface area contributed by atoms with Gasteiger partial charge in [0.2, 0.25) is 0 Å². The van der Waals surface area contributed by atoms with Crippen LogP contribution in [0.3, 0.4) is 0 Å². The summed E-state index contributed by atoms with van der Waals surface area (Å²) in [5.41, 5.74) is 0.840. The largest absolute Gasteiger partial charge is 0.319 e. The molecule has 0 atom stereocenters. The molecule has 0 saturated heterocycles. The van der Waals surface area contributed by atoms with Gasteiger partial charge in [0.25, 0.3) is 0 Å². The summed E-state index contributed by atoms with van der Waals surface area (Å²) < 4.78 is 0. The number of hydrogen-bond acceptors (Lipinski definition) is 4. The zero-order valence-corrected chi connectivity index (χ0v) is 11.5. The Morgan fingerprint density at radius 1 is 1.29 bits per heavy atom. The van der Waals surface area contributed by atoms with E-state index in [2.05, 4.69) is 15.5 Å². The predicted octanol–water partition coefficient (Wildman–Crippen LogP) is 3.27. The monoisotopic (exact) mass is 287 g/mol. The predicted molar refractivity (Wildman–Crippen MR) is 73.0 cm³/mol. The molecule has 0 aliphatic carbocycles. The first kappa shape index (κ1) is 12.8. The van der Waals surface area contributed by atoms with Crippen LogP contribution in [0.2, 0.25) is 10.0 Å². The summed E-state index contributed by atoms with van der Waals surface area (Å²) in [4.78, 5) is 0. The van der Waals surface area contributed by atoms with Gasteiger partial charge in [-0.15, -0.1) is 10.2 Å². The Morgan fingerprint density at radius 2 is 2.12 bits per heavy atom. The van der Waals surface area contributed by atoms with Gasteiger partial charge >= 0.3 is 0 Å². The zero-order chi connectivity index (χ0) is 12.3. The van der Waals surface area contributed by atoms with E-state index in [0.29, 0.717) is 10.0 Å². The van der Waals surface area contributed by atoms with Gasteiger partial charge in [0.15, 0.2) is 0 Å². The van der Waals surface area contributed by atoms with Crippen molar-refractivity contribution in [2.45, 2.75) is 6.42 Å². The van der Waals surface area contributed by atoms with Gasteiger partial charge in [-0.25, -0.2) is 0 Å². The molecule has 0 aliphatic rings. The summed E-state index contributed by atoms with van der Waals surface area (Å²) in [6.45, 7) is 0.887. The van der Waals surface area contributed by atoms with Gasteiger partial charge in [0.1, 0.15) is 10.0 Å². The van der Waals surface area contributed by atoms with E-state index in [1.807, 2.05) is 13.1 Å². The van der Waals surface area contributed by atoms with Crippen LogP contribution < -0.4 is 5.32 Å². The first-order valence-electron chi connectivity index (χ1n) is 5.13. The molecule has 0 radical (unpaired) electrons. The van der Waals surface area contributed by atoms with Gasteiger partial charge in [-0.05, 0) is 25.2 Å². The Labute approximate surface area is 114 Å². The second kappa shape index (κ2) is 5.78. The first-order valence-corrected chi connectivity index (χ1v) is 6.70. The molecule has 0 unspecified atom stereocenters. The minimum absolute atomic E-state index is 0.644. The number of nitrogens with one attached hydrogen (secondary N) is 1. The van der Waals surface area contributed by atoms with Crippen molar-refractivity contribution in [3.05, 3.63) is 33.3 Å². The molecule has 2 rings (SSSR count). The van der Waals surface area contributed by atoms with E-state index in [1.165, 1.54) is 0 Å². The molecule has 0 saturated carbocycles. The Morgan fingerprint density at radius 3 is 2.88 bits per heavy atom. The Bertz CT molecular complexity index is 513. The number of aromatic nitrogens is 2. The second-order valence-corrected chi connectivity index (χ2v) is 5.38. The van der Waals surface area contributed by atoms with Gasteiger partial charge < -0.3 is 5.32 Å². The van der Waals surface area contributed by atoms with Crippen LogP contribution >= 0.6 is 34.5 Å². The van der Waals surface area contributed by atoms with E-state index < -0.39 is 0 Å². The summed E-state index contributed by atoms with van der Waals surface area (Å²) in [6.07, 6.45) is 0.867. The molecule has 0 spiro atoms. The molecule has 6 heteroatoms. The van der Waals surface area contributed by atoms with E-state index in [4.69, 9.17) is 23.2 Å². The lowest BCUT2D eigenvalue weighted by atomic mass is 10.2. The number of halogens is 2. The van der Waals surface area contributed by atoms with Crippen molar-refractivity contribution in [3.63, 3.8) is 0 Å². The maximum Gasteiger partial charge on any atom is 0.149 e. The van der Waals surface area contributed by atoms with Crippen LogP contribution in [-0.4, -0.2) is 23.8 Å². The summed E-state index contributed by atoms with van der Waals surface area (Å²) in [5, 5.41) is 14.4. The molecule has 1 heterocycles. The molecule has 0 bridgehead atoms. The second-order valence-electron chi connectivity index (χ2n) is 3.48. The minimum Gasteiger partial charge on any atom is -0.319 e. The minimum atomic E-state index is 0.644. The van der Waals surface area contributed by atoms with Crippen LogP contribution in [0.25, 0.3) is 10.6 Å². The van der Waals surface area contributed by atoms with Gasteiger partial charge in [0.05, 0.1) is 5.02 Å². The lowest BCUT2D eigenvalue weighted by Gasteiger charge is -1.99. The van der Waals surface area contributed by atoms with Crippen LogP contribution in [0.1, 0.15) is 5.01 Å². The molecule has 1 N–H and O–H groups in total. The van der Waals surface area contributed by atoms with E-state index in [0.717, 1.165) is 28.5 Å². The van der Waals surface area contributed by atoms with Gasteiger partial charge in [-0.1, -0.05) is 34.5 Å². The molecule has 1 aromatic carbocycles. The highest BCUT2D eigenvalue weighted by atomic mass is 35.5. The molecular weight excluding hydrogens is 277 g/mol. The quantitative estimate of drug-likeness (QED) is 0.938. The van der Waals surface area contributed by atoms with E-state index in [1.54, 1.807) is 23.5 Å². The van der Waals surface area contributed by atoms with Gasteiger partial charge in [-0.3, -0.25) is 0 Å². The smallest absolute Gasteiger partial charge is 0.149 e. The number of nitrogens with zero attached hydrogens (tertiary/aromatic N) is 2. The number of rotatable bonds is 4. The van der Waals surface area contributed by atoms with Crippen molar-refractivity contribution in [2.75, 3.05) is 13.6 Å². The van der Waals surface area contributed by atoms with E-state index in [9.17, 15) is 0 Å². The summed E-state index contributed by atoms with van der Waals surface area (Å²) in [6, 6.07) is 5.34. The molecule has 90 valence electrons. The average molecular weight is 288 g/mol. The van der Waals surface area contributed by atoms with Crippen LogP contribution in [0.5, 0.6) is 0 Å². The zero-order valence-electron chi connectivity index (χ0n) is 9.20. The lowest BCUT2D eigenvalue weighted by molar-refractivity contribution is 0.779.